The lowest BCUT2D eigenvalue weighted by Gasteiger charge is -2.13. The van der Waals surface area contributed by atoms with Crippen LogP contribution in [-0.2, 0) is 11.1 Å². The molecule has 0 heterocycles. The second kappa shape index (κ2) is 4.76. The van der Waals surface area contributed by atoms with Crippen molar-refractivity contribution >= 4 is 17.0 Å². The summed E-state index contributed by atoms with van der Waals surface area (Å²) < 4.78 is 20.3. The molecule has 0 amide bonds. The van der Waals surface area contributed by atoms with Crippen LogP contribution in [0.3, 0.4) is 0 Å². The van der Waals surface area contributed by atoms with E-state index in [1.54, 1.807) is 13.0 Å². The number of aryl methyl sites for hydroxylation is 1. The highest BCUT2D eigenvalue weighted by Crippen LogP contribution is 2.25. The third-order valence-electron chi connectivity index (χ3n) is 2.40. The molecule has 0 spiro atoms. The number of benzene rings is 1. The summed E-state index contributed by atoms with van der Waals surface area (Å²) in [6.07, 6.45) is 0. The van der Waals surface area contributed by atoms with Crippen molar-refractivity contribution in [3.8, 4) is 0 Å². The Morgan fingerprint density at radius 1 is 1.38 bits per heavy atom. The van der Waals surface area contributed by atoms with Crippen LogP contribution in [0.5, 0.6) is 0 Å². The smallest absolute Gasteiger partial charge is 0.335 e. The van der Waals surface area contributed by atoms with Crippen molar-refractivity contribution in [3.05, 3.63) is 28.8 Å². The molecule has 0 bridgehead atoms. The van der Waals surface area contributed by atoms with Crippen molar-refractivity contribution in [1.29, 1.82) is 0 Å². The highest BCUT2D eigenvalue weighted by atomic mass is 32.2. The largest absolute Gasteiger partial charge is 0.478 e. The van der Waals surface area contributed by atoms with Gasteiger partial charge in [0.15, 0.2) is 11.1 Å². The van der Waals surface area contributed by atoms with E-state index in [1.165, 1.54) is 6.07 Å². The number of rotatable bonds is 3. The second-order valence-electron chi connectivity index (χ2n) is 3.91. The van der Waals surface area contributed by atoms with Crippen LogP contribution in [0, 0.1) is 6.92 Å². The molecule has 4 nitrogen and oxygen atoms in total. The molecule has 0 fully saturated rings. The molecule has 16 heavy (non-hydrogen) atoms. The summed E-state index contributed by atoms with van der Waals surface area (Å²) in [6, 6.07) is 2.95. The molecule has 1 rings (SSSR count). The van der Waals surface area contributed by atoms with Crippen LogP contribution in [0.1, 0.15) is 41.3 Å². The predicted molar refractivity (Wildman–Crippen MR) is 61.3 cm³/mol. The van der Waals surface area contributed by atoms with Gasteiger partial charge in [-0.25, -0.2) is 9.00 Å². The van der Waals surface area contributed by atoms with Gasteiger partial charge in [-0.15, -0.1) is 0 Å². The van der Waals surface area contributed by atoms with Gasteiger partial charge in [-0.2, -0.15) is 0 Å². The fourth-order valence-electron chi connectivity index (χ4n) is 1.54. The maximum absolute atomic E-state index is 11.1. The van der Waals surface area contributed by atoms with Gasteiger partial charge in [-0.05, 0) is 30.0 Å². The molecule has 0 saturated heterocycles. The molecule has 0 radical (unpaired) electrons. The highest BCUT2D eigenvalue weighted by Gasteiger charge is 2.17. The molecule has 0 aliphatic carbocycles. The molecule has 2 N–H and O–H groups in total. The minimum atomic E-state index is -2.16. The Morgan fingerprint density at radius 2 is 1.94 bits per heavy atom. The number of hydrogen-bond acceptors (Lipinski definition) is 2. The molecular weight excluding hydrogens is 228 g/mol. The Hall–Kier alpha value is -1.20. The Bertz CT molecular complexity index is 452. The SMILES string of the molecule is Cc1cc(C(C)C)c(S(=O)O)cc1C(=O)O. The van der Waals surface area contributed by atoms with E-state index in [4.69, 9.17) is 9.66 Å². The van der Waals surface area contributed by atoms with E-state index >= 15 is 0 Å². The van der Waals surface area contributed by atoms with Crippen molar-refractivity contribution in [2.45, 2.75) is 31.6 Å². The van der Waals surface area contributed by atoms with Gasteiger partial charge in [0.1, 0.15) is 0 Å². The van der Waals surface area contributed by atoms with E-state index < -0.39 is 17.0 Å². The summed E-state index contributed by atoms with van der Waals surface area (Å²) in [6.45, 7) is 5.47. The monoisotopic (exact) mass is 242 g/mol. The molecule has 1 unspecified atom stereocenters. The predicted octanol–water partition coefficient (Wildman–Crippen LogP) is 2.40. The summed E-state index contributed by atoms with van der Waals surface area (Å²) in [4.78, 5) is 11.1. The van der Waals surface area contributed by atoms with E-state index in [1.807, 2.05) is 13.8 Å². The van der Waals surface area contributed by atoms with E-state index in [9.17, 15) is 9.00 Å². The normalized spacial score (nSPS) is 12.8. The van der Waals surface area contributed by atoms with Crippen molar-refractivity contribution in [2.24, 2.45) is 0 Å². The lowest BCUT2D eigenvalue weighted by Crippen LogP contribution is -2.06. The lowest BCUT2D eigenvalue weighted by molar-refractivity contribution is 0.0696. The maximum atomic E-state index is 11.1. The van der Waals surface area contributed by atoms with Crippen LogP contribution in [0.15, 0.2) is 17.0 Å². The summed E-state index contributed by atoms with van der Waals surface area (Å²) in [5.74, 6) is -1.01. The molecule has 0 aliphatic rings. The third-order valence-corrected chi connectivity index (χ3v) is 3.13. The van der Waals surface area contributed by atoms with E-state index in [-0.39, 0.29) is 16.4 Å². The molecular formula is C11H14O4S. The van der Waals surface area contributed by atoms with E-state index in [2.05, 4.69) is 0 Å². The van der Waals surface area contributed by atoms with Gasteiger partial charge in [0.25, 0.3) is 0 Å². The molecule has 88 valence electrons. The average Bonchev–Trinajstić information content (AvgIpc) is 2.15. The van der Waals surface area contributed by atoms with Crippen molar-refractivity contribution in [3.63, 3.8) is 0 Å². The first-order valence-corrected chi connectivity index (χ1v) is 5.94. The van der Waals surface area contributed by atoms with Gasteiger partial charge in [-0.1, -0.05) is 19.9 Å². The topological polar surface area (TPSA) is 74.6 Å². The number of carboxylic acid groups (broad SMARTS) is 1. The van der Waals surface area contributed by atoms with Gasteiger partial charge >= 0.3 is 5.97 Å². The summed E-state index contributed by atoms with van der Waals surface area (Å²) in [7, 11) is 0. The van der Waals surface area contributed by atoms with Crippen LogP contribution < -0.4 is 0 Å². The first-order chi connectivity index (χ1) is 7.34. The number of aromatic carboxylic acids is 1. The van der Waals surface area contributed by atoms with Crippen molar-refractivity contribution in [1.82, 2.24) is 0 Å². The van der Waals surface area contributed by atoms with Crippen LogP contribution in [0.2, 0.25) is 0 Å². The standard InChI is InChI=1S/C11H14O4S/c1-6(2)8-4-7(3)9(11(12)13)5-10(8)16(14)15/h4-6H,1-3H3,(H,12,13)(H,14,15). The van der Waals surface area contributed by atoms with Crippen LogP contribution in [0.4, 0.5) is 0 Å². The fourth-order valence-corrected chi connectivity index (χ4v) is 2.26. The van der Waals surface area contributed by atoms with E-state index in [0.717, 1.165) is 0 Å². The minimum Gasteiger partial charge on any atom is -0.478 e. The van der Waals surface area contributed by atoms with Crippen LogP contribution in [-0.4, -0.2) is 19.8 Å². The van der Waals surface area contributed by atoms with Gasteiger partial charge in [0, 0.05) is 0 Å². The average molecular weight is 242 g/mol. The number of carbonyl (C=O) groups is 1. The Morgan fingerprint density at radius 3 is 2.31 bits per heavy atom. The van der Waals surface area contributed by atoms with Gasteiger partial charge in [0.2, 0.25) is 0 Å². The lowest BCUT2D eigenvalue weighted by atomic mass is 9.98. The molecule has 0 saturated carbocycles. The summed E-state index contributed by atoms with van der Waals surface area (Å²) in [5.41, 5.74) is 1.38. The Labute approximate surface area is 96.6 Å². The molecule has 1 aromatic rings. The third kappa shape index (κ3) is 2.48. The Balaban J connectivity index is 3.49. The second-order valence-corrected chi connectivity index (χ2v) is 4.85. The molecule has 5 heteroatoms. The molecule has 0 aliphatic heterocycles. The zero-order valence-corrected chi connectivity index (χ0v) is 10.2. The van der Waals surface area contributed by atoms with Crippen LogP contribution >= 0.6 is 0 Å². The first-order valence-electron chi connectivity index (χ1n) is 4.83. The number of carboxylic acids is 1. The Kier molecular flexibility index (Phi) is 3.83. The first kappa shape index (κ1) is 12.9. The quantitative estimate of drug-likeness (QED) is 0.798. The highest BCUT2D eigenvalue weighted by molar-refractivity contribution is 7.79. The molecule has 0 aromatic heterocycles. The minimum absolute atomic E-state index is 0.0711. The van der Waals surface area contributed by atoms with Crippen molar-refractivity contribution in [2.75, 3.05) is 0 Å². The van der Waals surface area contributed by atoms with Crippen LogP contribution in [0.25, 0.3) is 0 Å². The zero-order valence-electron chi connectivity index (χ0n) is 9.35. The van der Waals surface area contributed by atoms with Gasteiger partial charge in [-0.3, -0.25) is 0 Å². The zero-order chi connectivity index (χ0) is 12.5. The van der Waals surface area contributed by atoms with Gasteiger partial charge < -0.3 is 9.66 Å². The summed E-state index contributed by atoms with van der Waals surface area (Å²) >= 11 is -2.16. The summed E-state index contributed by atoms with van der Waals surface area (Å²) in [5, 5.41) is 8.92. The van der Waals surface area contributed by atoms with Gasteiger partial charge in [0.05, 0.1) is 10.5 Å². The maximum Gasteiger partial charge on any atom is 0.335 e. The fraction of sp³-hybridized carbons (Fsp3) is 0.364. The van der Waals surface area contributed by atoms with E-state index in [0.29, 0.717) is 11.1 Å². The molecule has 1 atom stereocenters. The molecule has 1 aromatic carbocycles. The number of hydrogen-bond donors (Lipinski definition) is 2. The van der Waals surface area contributed by atoms with Crippen molar-refractivity contribution < 1.29 is 18.7 Å².